The van der Waals surface area contributed by atoms with Crippen molar-refractivity contribution in [2.24, 2.45) is 5.92 Å². The first-order valence-electron chi connectivity index (χ1n) is 10.9. The number of benzene rings is 2. The molecule has 1 atom stereocenters. The second-order valence-electron chi connectivity index (χ2n) is 8.43. The first-order valence-corrected chi connectivity index (χ1v) is 13.1. The second-order valence-corrected chi connectivity index (χ2v) is 10.8. The van der Waals surface area contributed by atoms with E-state index in [0.29, 0.717) is 23.0 Å². The summed E-state index contributed by atoms with van der Waals surface area (Å²) in [4.78, 5) is 27.6. The van der Waals surface area contributed by atoms with Gasteiger partial charge in [0.15, 0.2) is 0 Å². The maximum atomic E-state index is 13.4. The van der Waals surface area contributed by atoms with Gasteiger partial charge in [0.1, 0.15) is 18.3 Å². The molecule has 0 aromatic heterocycles. The zero-order valence-electron chi connectivity index (χ0n) is 20.1. The third-order valence-corrected chi connectivity index (χ3v) is 6.55. The standard InChI is InChI=1S/C24H32ClN3O5S/c1-17(2)14-26-24(30)18(3)27(15-19-6-8-20(25)9-7-19)23(29)16-28(34(5,31)32)21-10-12-22(33-4)13-11-21/h6-13,17-18H,14-16H2,1-5H3,(H,26,30)/t18-/m0/s1. The van der Waals surface area contributed by atoms with Crippen molar-refractivity contribution in [2.75, 3.05) is 30.8 Å². The lowest BCUT2D eigenvalue weighted by Crippen LogP contribution is -2.51. The molecule has 0 saturated carbocycles. The van der Waals surface area contributed by atoms with E-state index in [1.165, 1.54) is 12.0 Å². The third kappa shape index (κ3) is 7.92. The summed E-state index contributed by atoms with van der Waals surface area (Å²) in [7, 11) is -2.28. The Labute approximate surface area is 206 Å². The molecule has 10 heteroatoms. The molecule has 2 rings (SSSR count). The fraction of sp³-hybridized carbons (Fsp3) is 0.417. The Morgan fingerprint density at radius 1 is 1.03 bits per heavy atom. The van der Waals surface area contributed by atoms with Crippen LogP contribution < -0.4 is 14.4 Å². The normalized spacial score (nSPS) is 12.2. The molecule has 0 unspecified atom stereocenters. The number of ether oxygens (including phenoxy) is 1. The van der Waals surface area contributed by atoms with Gasteiger partial charge in [0.25, 0.3) is 0 Å². The van der Waals surface area contributed by atoms with Gasteiger partial charge >= 0.3 is 0 Å². The van der Waals surface area contributed by atoms with Gasteiger partial charge in [0.2, 0.25) is 21.8 Å². The minimum absolute atomic E-state index is 0.118. The van der Waals surface area contributed by atoms with Crippen LogP contribution in [-0.4, -0.2) is 57.6 Å². The molecule has 34 heavy (non-hydrogen) atoms. The Morgan fingerprint density at radius 3 is 2.12 bits per heavy atom. The van der Waals surface area contributed by atoms with E-state index in [4.69, 9.17) is 16.3 Å². The number of carbonyl (C=O) groups is 2. The minimum Gasteiger partial charge on any atom is -0.497 e. The number of hydrogen-bond donors (Lipinski definition) is 1. The molecule has 0 radical (unpaired) electrons. The Morgan fingerprint density at radius 2 is 1.62 bits per heavy atom. The number of nitrogens with zero attached hydrogens (tertiary/aromatic N) is 2. The van der Waals surface area contributed by atoms with Crippen LogP contribution in [0.1, 0.15) is 26.3 Å². The van der Waals surface area contributed by atoms with Crippen LogP contribution in [0.25, 0.3) is 0 Å². The second kappa shape index (κ2) is 12.1. The monoisotopic (exact) mass is 509 g/mol. The van der Waals surface area contributed by atoms with Crippen molar-refractivity contribution >= 4 is 39.1 Å². The summed E-state index contributed by atoms with van der Waals surface area (Å²) in [5.74, 6) is -0.0227. The van der Waals surface area contributed by atoms with Gasteiger partial charge in [0.05, 0.1) is 19.1 Å². The van der Waals surface area contributed by atoms with Crippen LogP contribution in [0, 0.1) is 5.92 Å². The van der Waals surface area contributed by atoms with Gasteiger partial charge in [-0.05, 0) is 54.8 Å². The molecule has 0 spiro atoms. The van der Waals surface area contributed by atoms with Crippen molar-refractivity contribution in [3.63, 3.8) is 0 Å². The van der Waals surface area contributed by atoms with Gasteiger partial charge in [-0.3, -0.25) is 13.9 Å². The van der Waals surface area contributed by atoms with Crippen LogP contribution in [-0.2, 0) is 26.2 Å². The largest absolute Gasteiger partial charge is 0.497 e. The molecule has 186 valence electrons. The van der Waals surface area contributed by atoms with Gasteiger partial charge in [0, 0.05) is 18.1 Å². The predicted octanol–water partition coefficient (Wildman–Crippen LogP) is 3.30. The summed E-state index contributed by atoms with van der Waals surface area (Å²) in [6, 6.07) is 12.5. The first-order chi connectivity index (χ1) is 15.9. The van der Waals surface area contributed by atoms with Gasteiger partial charge in [-0.25, -0.2) is 8.42 Å². The highest BCUT2D eigenvalue weighted by atomic mass is 35.5. The van der Waals surface area contributed by atoms with Crippen LogP contribution in [0.5, 0.6) is 5.75 Å². The zero-order valence-corrected chi connectivity index (χ0v) is 21.7. The number of sulfonamides is 1. The quantitative estimate of drug-likeness (QED) is 0.501. The minimum atomic E-state index is -3.78. The zero-order chi connectivity index (χ0) is 25.5. The molecule has 0 fully saturated rings. The Balaban J connectivity index is 2.34. The summed E-state index contributed by atoms with van der Waals surface area (Å²) in [5.41, 5.74) is 1.08. The van der Waals surface area contributed by atoms with E-state index in [1.807, 2.05) is 13.8 Å². The molecule has 0 aliphatic rings. The highest BCUT2D eigenvalue weighted by molar-refractivity contribution is 7.92. The number of amides is 2. The summed E-state index contributed by atoms with van der Waals surface area (Å²) in [5, 5.41) is 3.39. The molecule has 2 amide bonds. The van der Waals surface area contributed by atoms with Gasteiger partial charge in [-0.2, -0.15) is 0 Å². The molecule has 2 aromatic carbocycles. The fourth-order valence-corrected chi connectivity index (χ4v) is 4.16. The lowest BCUT2D eigenvalue weighted by atomic mass is 10.1. The number of nitrogens with one attached hydrogen (secondary N) is 1. The first kappa shape index (κ1) is 27.5. The Bertz CT molecular complexity index is 1070. The number of halogens is 1. The molecule has 0 aliphatic carbocycles. The number of methoxy groups -OCH3 is 1. The van der Waals surface area contributed by atoms with E-state index in [-0.39, 0.29) is 18.4 Å². The average Bonchev–Trinajstić information content (AvgIpc) is 2.79. The van der Waals surface area contributed by atoms with Crippen LogP contribution in [0.15, 0.2) is 48.5 Å². The SMILES string of the molecule is COc1ccc(N(CC(=O)N(Cc2ccc(Cl)cc2)[C@@H](C)C(=O)NCC(C)C)S(C)(=O)=O)cc1. The molecular formula is C24H32ClN3O5S. The van der Waals surface area contributed by atoms with Crippen molar-refractivity contribution in [3.8, 4) is 5.75 Å². The molecule has 8 nitrogen and oxygen atoms in total. The van der Waals surface area contributed by atoms with Crippen LogP contribution in [0.3, 0.4) is 0 Å². The fourth-order valence-electron chi connectivity index (χ4n) is 3.18. The summed E-state index contributed by atoms with van der Waals surface area (Å²) < 4.78 is 31.2. The molecule has 0 bridgehead atoms. The van der Waals surface area contributed by atoms with Crippen molar-refractivity contribution in [3.05, 3.63) is 59.1 Å². The Kier molecular flexibility index (Phi) is 9.76. The molecule has 2 aromatic rings. The van der Waals surface area contributed by atoms with Crippen molar-refractivity contribution < 1.29 is 22.7 Å². The van der Waals surface area contributed by atoms with E-state index in [1.54, 1.807) is 55.5 Å². The lowest BCUT2D eigenvalue weighted by molar-refractivity contribution is -0.139. The third-order valence-electron chi connectivity index (χ3n) is 5.16. The highest BCUT2D eigenvalue weighted by Gasteiger charge is 2.30. The summed E-state index contributed by atoms with van der Waals surface area (Å²) in [6.45, 7) is 5.70. The van der Waals surface area contributed by atoms with Gasteiger partial charge in [-0.15, -0.1) is 0 Å². The van der Waals surface area contributed by atoms with E-state index in [2.05, 4.69) is 5.32 Å². The van der Waals surface area contributed by atoms with E-state index in [0.717, 1.165) is 16.1 Å². The van der Waals surface area contributed by atoms with Crippen molar-refractivity contribution in [1.82, 2.24) is 10.2 Å². The predicted molar refractivity (Wildman–Crippen MR) is 134 cm³/mol. The van der Waals surface area contributed by atoms with E-state index < -0.39 is 28.5 Å². The number of rotatable bonds is 11. The van der Waals surface area contributed by atoms with Crippen molar-refractivity contribution in [1.29, 1.82) is 0 Å². The van der Waals surface area contributed by atoms with E-state index >= 15 is 0 Å². The van der Waals surface area contributed by atoms with Gasteiger partial charge in [-0.1, -0.05) is 37.6 Å². The number of hydrogen-bond acceptors (Lipinski definition) is 5. The summed E-state index contributed by atoms with van der Waals surface area (Å²) in [6.07, 6.45) is 1.03. The summed E-state index contributed by atoms with van der Waals surface area (Å²) >= 11 is 5.98. The van der Waals surface area contributed by atoms with Gasteiger partial charge < -0.3 is 15.0 Å². The molecular weight excluding hydrogens is 478 g/mol. The van der Waals surface area contributed by atoms with Crippen molar-refractivity contribution in [2.45, 2.75) is 33.4 Å². The molecule has 0 aliphatic heterocycles. The van der Waals surface area contributed by atoms with E-state index in [9.17, 15) is 18.0 Å². The smallest absolute Gasteiger partial charge is 0.244 e. The van der Waals surface area contributed by atoms with Crippen LogP contribution in [0.2, 0.25) is 5.02 Å². The topological polar surface area (TPSA) is 96.0 Å². The average molecular weight is 510 g/mol. The molecule has 0 saturated heterocycles. The highest BCUT2D eigenvalue weighted by Crippen LogP contribution is 2.22. The van der Waals surface area contributed by atoms with Crippen LogP contribution in [0.4, 0.5) is 5.69 Å². The van der Waals surface area contributed by atoms with Crippen LogP contribution >= 0.6 is 11.6 Å². The molecule has 1 N–H and O–H groups in total. The maximum absolute atomic E-state index is 13.4. The maximum Gasteiger partial charge on any atom is 0.244 e. The lowest BCUT2D eigenvalue weighted by Gasteiger charge is -2.31. The molecule has 0 heterocycles. The Hall–Kier alpha value is -2.78. The number of anilines is 1. The number of carbonyl (C=O) groups excluding carboxylic acids is 2.